The molecule has 0 saturated heterocycles. The zero-order valence-corrected chi connectivity index (χ0v) is 12.8. The van der Waals surface area contributed by atoms with Gasteiger partial charge < -0.3 is 4.74 Å². The van der Waals surface area contributed by atoms with E-state index in [1.54, 1.807) is 6.92 Å². The third kappa shape index (κ3) is 5.78. The number of esters is 1. The maximum Gasteiger partial charge on any atom is 0.331 e. The van der Waals surface area contributed by atoms with Crippen LogP contribution in [-0.2, 0) is 19.6 Å². The molecule has 0 amide bonds. The van der Waals surface area contributed by atoms with Gasteiger partial charge in [0.1, 0.15) is 0 Å². The summed E-state index contributed by atoms with van der Waals surface area (Å²) in [5.41, 5.74) is 0.683. The van der Waals surface area contributed by atoms with Gasteiger partial charge in [-0.05, 0) is 38.1 Å². The van der Waals surface area contributed by atoms with Crippen molar-refractivity contribution in [3.8, 4) is 0 Å². The van der Waals surface area contributed by atoms with Gasteiger partial charge in [-0.15, -0.1) is 0 Å². The maximum absolute atomic E-state index is 12.0. The smallest absolute Gasteiger partial charge is 0.331 e. The van der Waals surface area contributed by atoms with Gasteiger partial charge in [0.15, 0.2) is 6.10 Å². The molecule has 0 fully saturated rings. The van der Waals surface area contributed by atoms with Gasteiger partial charge in [0, 0.05) is 17.3 Å². The summed E-state index contributed by atoms with van der Waals surface area (Å²) >= 11 is 0. The van der Waals surface area contributed by atoms with E-state index in [0.717, 1.165) is 6.26 Å². The molecule has 114 valence electrons. The molecule has 1 atom stereocenters. The number of benzene rings is 1. The van der Waals surface area contributed by atoms with Crippen molar-refractivity contribution < 1.29 is 22.7 Å². The normalized spacial score (nSPS) is 12.9. The molecule has 1 N–H and O–H groups in total. The minimum Gasteiger partial charge on any atom is -0.451 e. The maximum atomic E-state index is 12.0. The predicted octanol–water partition coefficient (Wildman–Crippen LogP) is 1.75. The molecule has 0 aliphatic rings. The summed E-state index contributed by atoms with van der Waals surface area (Å²) in [4.78, 5) is 23.3. The molecule has 1 unspecified atom stereocenters. The highest BCUT2D eigenvalue weighted by atomic mass is 32.2. The van der Waals surface area contributed by atoms with Crippen molar-refractivity contribution in [2.75, 3.05) is 11.0 Å². The summed E-state index contributed by atoms with van der Waals surface area (Å²) in [6, 6.07) is 5.87. The van der Waals surface area contributed by atoms with E-state index in [1.165, 1.54) is 43.3 Å². The van der Waals surface area contributed by atoms with Gasteiger partial charge in [-0.2, -0.15) is 0 Å². The number of carbonyl (C=O) groups excluding carboxylic acids is 2. The van der Waals surface area contributed by atoms with E-state index in [4.69, 9.17) is 4.74 Å². The van der Waals surface area contributed by atoms with E-state index >= 15 is 0 Å². The Bertz CT molecular complexity index is 646. The lowest BCUT2D eigenvalue weighted by molar-refractivity contribution is -0.140. The van der Waals surface area contributed by atoms with Gasteiger partial charge in [0.25, 0.3) is 0 Å². The van der Waals surface area contributed by atoms with Crippen LogP contribution in [0.2, 0.25) is 0 Å². The summed E-state index contributed by atoms with van der Waals surface area (Å²) in [7, 11) is -3.36. The van der Waals surface area contributed by atoms with Crippen molar-refractivity contribution in [1.82, 2.24) is 0 Å². The molecule has 0 aliphatic heterocycles. The Balaban J connectivity index is 2.77. The van der Waals surface area contributed by atoms with Crippen LogP contribution in [-0.4, -0.2) is 32.5 Å². The second kappa shape index (κ2) is 7.03. The van der Waals surface area contributed by atoms with Crippen molar-refractivity contribution in [2.45, 2.75) is 20.0 Å². The van der Waals surface area contributed by atoms with Gasteiger partial charge in [-0.3, -0.25) is 9.52 Å². The van der Waals surface area contributed by atoms with Crippen LogP contribution in [0.5, 0.6) is 0 Å². The van der Waals surface area contributed by atoms with E-state index in [9.17, 15) is 18.0 Å². The van der Waals surface area contributed by atoms with Crippen LogP contribution in [0, 0.1) is 0 Å². The molecule has 21 heavy (non-hydrogen) atoms. The topological polar surface area (TPSA) is 89.5 Å². The molecule has 0 spiro atoms. The SMILES string of the molecule is C/C=C/C(=O)OC(C)C(=O)c1ccc(NS(C)(=O)=O)cc1. The number of hydrogen-bond donors (Lipinski definition) is 1. The molecule has 0 heterocycles. The first-order chi connectivity index (χ1) is 9.73. The quantitative estimate of drug-likeness (QED) is 0.491. The molecule has 1 aromatic carbocycles. The summed E-state index contributed by atoms with van der Waals surface area (Å²) in [5.74, 6) is -0.951. The van der Waals surface area contributed by atoms with Gasteiger partial charge in [0.05, 0.1) is 6.26 Å². The van der Waals surface area contributed by atoms with Crippen molar-refractivity contribution >= 4 is 27.5 Å². The fourth-order valence-electron chi connectivity index (χ4n) is 1.55. The summed E-state index contributed by atoms with van der Waals surface area (Å²) in [6.45, 7) is 3.15. The fraction of sp³-hybridized carbons (Fsp3) is 0.286. The first kappa shape index (κ1) is 16.9. The van der Waals surface area contributed by atoms with E-state index in [-0.39, 0.29) is 5.78 Å². The lowest BCUT2D eigenvalue weighted by Gasteiger charge is -2.11. The van der Waals surface area contributed by atoms with E-state index in [0.29, 0.717) is 11.3 Å². The minimum absolute atomic E-state index is 0.329. The average Bonchev–Trinajstić information content (AvgIpc) is 2.37. The Labute approximate surface area is 123 Å². The molecular formula is C14H17NO5S. The number of allylic oxidation sites excluding steroid dienone is 1. The Morgan fingerprint density at radius 1 is 1.24 bits per heavy atom. The molecule has 0 radical (unpaired) electrons. The minimum atomic E-state index is -3.36. The van der Waals surface area contributed by atoms with Crippen molar-refractivity contribution in [3.63, 3.8) is 0 Å². The molecule has 6 nitrogen and oxygen atoms in total. The number of nitrogens with one attached hydrogen (secondary N) is 1. The van der Waals surface area contributed by atoms with Crippen LogP contribution in [0.25, 0.3) is 0 Å². The van der Waals surface area contributed by atoms with E-state index < -0.39 is 22.1 Å². The number of anilines is 1. The number of ether oxygens (including phenoxy) is 1. The van der Waals surface area contributed by atoms with Crippen LogP contribution < -0.4 is 4.72 Å². The Kier molecular flexibility index (Phi) is 5.66. The Morgan fingerprint density at radius 2 is 1.81 bits per heavy atom. The number of carbonyl (C=O) groups is 2. The fourth-order valence-corrected chi connectivity index (χ4v) is 2.12. The van der Waals surface area contributed by atoms with Crippen LogP contribution in [0.3, 0.4) is 0 Å². The highest BCUT2D eigenvalue weighted by molar-refractivity contribution is 7.92. The van der Waals surface area contributed by atoms with Crippen LogP contribution >= 0.6 is 0 Å². The standard InChI is InChI=1S/C14H17NO5S/c1-4-5-13(16)20-10(2)14(17)11-6-8-12(9-7-11)15-21(3,18)19/h4-10,15H,1-3H3/b5-4+. The lowest BCUT2D eigenvalue weighted by Crippen LogP contribution is -2.23. The third-order valence-corrected chi connectivity index (χ3v) is 3.04. The summed E-state index contributed by atoms with van der Waals surface area (Å²) < 4.78 is 29.4. The largest absolute Gasteiger partial charge is 0.451 e. The van der Waals surface area contributed by atoms with Gasteiger partial charge in [0.2, 0.25) is 15.8 Å². The first-order valence-corrected chi connectivity index (χ1v) is 8.07. The number of rotatable bonds is 6. The predicted molar refractivity (Wildman–Crippen MR) is 79.6 cm³/mol. The number of hydrogen-bond acceptors (Lipinski definition) is 5. The highest BCUT2D eigenvalue weighted by Gasteiger charge is 2.18. The zero-order chi connectivity index (χ0) is 16.0. The Morgan fingerprint density at radius 3 is 2.29 bits per heavy atom. The van der Waals surface area contributed by atoms with Gasteiger partial charge >= 0.3 is 5.97 Å². The van der Waals surface area contributed by atoms with Crippen LogP contribution in [0.4, 0.5) is 5.69 Å². The molecule has 1 rings (SSSR count). The second-order valence-electron chi connectivity index (χ2n) is 4.39. The number of ketones is 1. The second-order valence-corrected chi connectivity index (χ2v) is 6.14. The monoisotopic (exact) mass is 311 g/mol. The zero-order valence-electron chi connectivity index (χ0n) is 12.0. The molecular weight excluding hydrogens is 294 g/mol. The summed E-state index contributed by atoms with van der Waals surface area (Å²) in [6.07, 6.45) is 2.87. The average molecular weight is 311 g/mol. The molecule has 0 aromatic heterocycles. The highest BCUT2D eigenvalue weighted by Crippen LogP contribution is 2.13. The third-order valence-electron chi connectivity index (χ3n) is 2.44. The van der Waals surface area contributed by atoms with E-state index in [2.05, 4.69) is 4.72 Å². The number of sulfonamides is 1. The molecule has 0 bridgehead atoms. The van der Waals surface area contributed by atoms with Gasteiger partial charge in [-0.25, -0.2) is 13.2 Å². The van der Waals surface area contributed by atoms with Gasteiger partial charge in [-0.1, -0.05) is 6.08 Å². The summed E-state index contributed by atoms with van der Waals surface area (Å²) in [5, 5.41) is 0. The molecule has 1 aromatic rings. The van der Waals surface area contributed by atoms with Crippen molar-refractivity contribution in [2.24, 2.45) is 0 Å². The van der Waals surface area contributed by atoms with Crippen molar-refractivity contribution in [1.29, 1.82) is 0 Å². The molecule has 0 aliphatic carbocycles. The van der Waals surface area contributed by atoms with Crippen LogP contribution in [0.15, 0.2) is 36.4 Å². The van der Waals surface area contributed by atoms with Crippen molar-refractivity contribution in [3.05, 3.63) is 42.0 Å². The first-order valence-electron chi connectivity index (χ1n) is 6.18. The molecule has 7 heteroatoms. The number of Topliss-reactive ketones (excluding diaryl/α,β-unsaturated/α-hetero) is 1. The molecule has 0 saturated carbocycles. The van der Waals surface area contributed by atoms with Crippen LogP contribution in [0.1, 0.15) is 24.2 Å². The Hall–Kier alpha value is -2.15. The lowest BCUT2D eigenvalue weighted by atomic mass is 10.1. The van der Waals surface area contributed by atoms with E-state index in [1.807, 2.05) is 0 Å².